The monoisotopic (exact) mass is 327 g/mol. The minimum atomic E-state index is 0.0209. The number of hydrogen-bond acceptors (Lipinski definition) is 3. The van der Waals surface area contributed by atoms with Crippen molar-refractivity contribution in [2.45, 2.75) is 25.4 Å². The second-order valence-electron chi connectivity index (χ2n) is 4.58. The molecule has 104 valence electrons. The van der Waals surface area contributed by atoms with Gasteiger partial charge in [0.1, 0.15) is 5.75 Å². The molecule has 1 aromatic carbocycles. The van der Waals surface area contributed by atoms with Crippen molar-refractivity contribution in [2.24, 2.45) is 0 Å². The molecule has 0 spiro atoms. The summed E-state index contributed by atoms with van der Waals surface area (Å²) in [6.07, 6.45) is 2.68. The molecule has 5 heteroatoms. The van der Waals surface area contributed by atoms with Gasteiger partial charge >= 0.3 is 0 Å². The molecule has 1 aliphatic heterocycles. The van der Waals surface area contributed by atoms with Gasteiger partial charge in [0.2, 0.25) is 5.91 Å². The molecule has 2 rings (SSSR count). The predicted octanol–water partition coefficient (Wildman–Crippen LogP) is 2.30. The van der Waals surface area contributed by atoms with E-state index in [1.54, 1.807) is 7.11 Å². The Morgan fingerprint density at radius 3 is 3.05 bits per heavy atom. The molecule has 1 heterocycles. The standard InChI is InChI=1S/C14H18BrNO3/c1-18-13-5-4-10(7-12(13)15)8-14(17)16-9-11-3-2-6-19-11/h4-5,7,11H,2-3,6,8-9H2,1H3,(H,16,17). The zero-order valence-corrected chi connectivity index (χ0v) is 12.5. The molecule has 0 bridgehead atoms. The maximum Gasteiger partial charge on any atom is 0.224 e. The predicted molar refractivity (Wildman–Crippen MR) is 76.4 cm³/mol. The Balaban J connectivity index is 1.82. The zero-order valence-electron chi connectivity index (χ0n) is 10.9. The number of amides is 1. The van der Waals surface area contributed by atoms with Gasteiger partial charge in [-0.25, -0.2) is 0 Å². The molecule has 0 aromatic heterocycles. The summed E-state index contributed by atoms with van der Waals surface area (Å²) in [4.78, 5) is 11.8. The Morgan fingerprint density at radius 1 is 1.58 bits per heavy atom. The van der Waals surface area contributed by atoms with Crippen molar-refractivity contribution >= 4 is 21.8 Å². The molecule has 19 heavy (non-hydrogen) atoms. The lowest BCUT2D eigenvalue weighted by Crippen LogP contribution is -2.32. The van der Waals surface area contributed by atoms with Gasteiger partial charge in [-0.2, -0.15) is 0 Å². The fraction of sp³-hybridized carbons (Fsp3) is 0.500. The number of methoxy groups -OCH3 is 1. The van der Waals surface area contributed by atoms with Crippen LogP contribution in [0.2, 0.25) is 0 Å². The molecule has 0 radical (unpaired) electrons. The summed E-state index contributed by atoms with van der Waals surface area (Å²) in [6.45, 7) is 1.42. The van der Waals surface area contributed by atoms with Gasteiger partial charge in [0, 0.05) is 13.2 Å². The van der Waals surface area contributed by atoms with Crippen molar-refractivity contribution in [3.05, 3.63) is 28.2 Å². The first-order valence-electron chi connectivity index (χ1n) is 6.40. The first-order valence-corrected chi connectivity index (χ1v) is 7.19. The van der Waals surface area contributed by atoms with Gasteiger partial charge in [-0.15, -0.1) is 0 Å². The number of carbonyl (C=O) groups is 1. The summed E-state index contributed by atoms with van der Waals surface area (Å²) in [5.41, 5.74) is 0.956. The summed E-state index contributed by atoms with van der Waals surface area (Å²) < 4.78 is 11.5. The van der Waals surface area contributed by atoms with E-state index in [4.69, 9.17) is 9.47 Å². The molecular weight excluding hydrogens is 310 g/mol. The number of benzene rings is 1. The molecule has 1 aliphatic rings. The largest absolute Gasteiger partial charge is 0.496 e. The van der Waals surface area contributed by atoms with Crippen molar-refractivity contribution in [3.8, 4) is 5.75 Å². The zero-order chi connectivity index (χ0) is 13.7. The van der Waals surface area contributed by atoms with Crippen molar-refractivity contribution in [1.82, 2.24) is 5.32 Å². The Morgan fingerprint density at radius 2 is 2.42 bits per heavy atom. The number of rotatable bonds is 5. The Kier molecular flexibility index (Phi) is 5.22. The number of hydrogen-bond donors (Lipinski definition) is 1. The molecule has 1 N–H and O–H groups in total. The van der Waals surface area contributed by atoms with Gasteiger partial charge in [0.15, 0.2) is 0 Å². The fourth-order valence-corrected chi connectivity index (χ4v) is 2.69. The lowest BCUT2D eigenvalue weighted by molar-refractivity contribution is -0.120. The van der Waals surface area contributed by atoms with E-state index in [9.17, 15) is 4.79 Å². The minimum absolute atomic E-state index is 0.0209. The van der Waals surface area contributed by atoms with E-state index in [0.29, 0.717) is 13.0 Å². The van der Waals surface area contributed by atoms with Crippen LogP contribution in [0.1, 0.15) is 18.4 Å². The van der Waals surface area contributed by atoms with Gasteiger partial charge in [-0.05, 0) is 46.5 Å². The third kappa shape index (κ3) is 4.21. The smallest absolute Gasteiger partial charge is 0.224 e. The van der Waals surface area contributed by atoms with Crippen LogP contribution >= 0.6 is 15.9 Å². The normalized spacial score (nSPS) is 18.3. The van der Waals surface area contributed by atoms with Crippen LogP contribution in [-0.4, -0.2) is 32.3 Å². The SMILES string of the molecule is COc1ccc(CC(=O)NCC2CCCO2)cc1Br. The number of ether oxygens (including phenoxy) is 2. The maximum absolute atomic E-state index is 11.8. The Hall–Kier alpha value is -1.07. The fourth-order valence-electron chi connectivity index (χ4n) is 2.10. The van der Waals surface area contributed by atoms with E-state index in [1.807, 2.05) is 18.2 Å². The maximum atomic E-state index is 11.8. The second kappa shape index (κ2) is 6.91. The molecule has 4 nitrogen and oxygen atoms in total. The van der Waals surface area contributed by atoms with Gasteiger partial charge in [0.25, 0.3) is 0 Å². The molecule has 1 atom stereocenters. The average Bonchev–Trinajstić information content (AvgIpc) is 2.90. The van der Waals surface area contributed by atoms with Crippen LogP contribution in [0.5, 0.6) is 5.75 Å². The van der Waals surface area contributed by atoms with Crippen LogP contribution in [-0.2, 0) is 16.0 Å². The van der Waals surface area contributed by atoms with Gasteiger partial charge < -0.3 is 14.8 Å². The van der Waals surface area contributed by atoms with E-state index < -0.39 is 0 Å². The Bertz CT molecular complexity index is 444. The second-order valence-corrected chi connectivity index (χ2v) is 5.44. The lowest BCUT2D eigenvalue weighted by Gasteiger charge is -2.11. The highest BCUT2D eigenvalue weighted by Gasteiger charge is 2.16. The van der Waals surface area contributed by atoms with Gasteiger partial charge in [0.05, 0.1) is 24.1 Å². The van der Waals surface area contributed by atoms with Crippen LogP contribution in [0.3, 0.4) is 0 Å². The van der Waals surface area contributed by atoms with Gasteiger partial charge in [-0.3, -0.25) is 4.79 Å². The summed E-state index contributed by atoms with van der Waals surface area (Å²) in [7, 11) is 1.62. The van der Waals surface area contributed by atoms with Crippen molar-refractivity contribution in [1.29, 1.82) is 0 Å². The third-order valence-corrected chi connectivity index (χ3v) is 3.75. The summed E-state index contributed by atoms with van der Waals surface area (Å²) in [6, 6.07) is 5.66. The molecule has 0 aliphatic carbocycles. The van der Waals surface area contributed by atoms with Crippen LogP contribution in [0.15, 0.2) is 22.7 Å². The average molecular weight is 328 g/mol. The summed E-state index contributed by atoms with van der Waals surface area (Å²) in [5, 5.41) is 2.91. The third-order valence-electron chi connectivity index (χ3n) is 3.13. The molecule has 1 unspecified atom stereocenters. The highest BCUT2D eigenvalue weighted by atomic mass is 79.9. The molecule has 1 saturated heterocycles. The molecule has 1 fully saturated rings. The van der Waals surface area contributed by atoms with E-state index in [0.717, 1.165) is 35.2 Å². The topological polar surface area (TPSA) is 47.6 Å². The molecule has 1 amide bonds. The molecule has 0 saturated carbocycles. The minimum Gasteiger partial charge on any atom is -0.496 e. The van der Waals surface area contributed by atoms with Crippen LogP contribution < -0.4 is 10.1 Å². The van der Waals surface area contributed by atoms with E-state index >= 15 is 0 Å². The van der Waals surface area contributed by atoms with E-state index in [-0.39, 0.29) is 12.0 Å². The summed E-state index contributed by atoms with van der Waals surface area (Å²) in [5.74, 6) is 0.788. The van der Waals surface area contributed by atoms with E-state index in [1.165, 1.54) is 0 Å². The highest BCUT2D eigenvalue weighted by Crippen LogP contribution is 2.25. The van der Waals surface area contributed by atoms with Crippen molar-refractivity contribution in [2.75, 3.05) is 20.3 Å². The summed E-state index contributed by atoms with van der Waals surface area (Å²) >= 11 is 3.41. The van der Waals surface area contributed by atoms with Crippen molar-refractivity contribution < 1.29 is 14.3 Å². The molecule has 1 aromatic rings. The van der Waals surface area contributed by atoms with Gasteiger partial charge in [-0.1, -0.05) is 6.07 Å². The number of halogens is 1. The Labute approximate surface area is 121 Å². The van der Waals surface area contributed by atoms with Crippen LogP contribution in [0.4, 0.5) is 0 Å². The van der Waals surface area contributed by atoms with Crippen LogP contribution in [0, 0.1) is 0 Å². The number of nitrogens with one attached hydrogen (secondary N) is 1. The van der Waals surface area contributed by atoms with E-state index in [2.05, 4.69) is 21.2 Å². The van der Waals surface area contributed by atoms with Crippen molar-refractivity contribution in [3.63, 3.8) is 0 Å². The first kappa shape index (κ1) is 14.3. The lowest BCUT2D eigenvalue weighted by atomic mass is 10.1. The number of carbonyl (C=O) groups excluding carboxylic acids is 1. The molecular formula is C14H18BrNO3. The van der Waals surface area contributed by atoms with Crippen LogP contribution in [0.25, 0.3) is 0 Å². The highest BCUT2D eigenvalue weighted by molar-refractivity contribution is 9.10. The quantitative estimate of drug-likeness (QED) is 0.902. The first-order chi connectivity index (χ1) is 9.19.